The third kappa shape index (κ3) is 3.63. The van der Waals surface area contributed by atoms with E-state index in [0.717, 1.165) is 27.9 Å². The van der Waals surface area contributed by atoms with Crippen molar-refractivity contribution in [1.82, 2.24) is 5.01 Å². The number of rotatable bonds is 4. The van der Waals surface area contributed by atoms with E-state index in [9.17, 15) is 4.79 Å². The molecule has 5 aliphatic carbocycles. The molecule has 1 aromatic heterocycles. The molecule has 8 rings (SSSR count). The second kappa shape index (κ2) is 8.12. The maximum Gasteiger partial charge on any atom is 0.283 e. The van der Waals surface area contributed by atoms with E-state index < -0.39 is 0 Å². The summed E-state index contributed by atoms with van der Waals surface area (Å²) in [4.78, 5) is 17.2. The van der Waals surface area contributed by atoms with Crippen molar-refractivity contribution in [1.29, 1.82) is 5.41 Å². The third-order valence-corrected chi connectivity index (χ3v) is 11.1. The summed E-state index contributed by atoms with van der Waals surface area (Å²) in [6, 6.07) is 3.87. The van der Waals surface area contributed by atoms with Gasteiger partial charge in [0.15, 0.2) is 10.9 Å². The smallest absolute Gasteiger partial charge is 0.283 e. The maximum atomic E-state index is 12.9. The quantitative estimate of drug-likeness (QED) is 0.481. The highest BCUT2D eigenvalue weighted by Crippen LogP contribution is 2.62. The van der Waals surface area contributed by atoms with E-state index in [1.807, 2.05) is 12.1 Å². The van der Waals surface area contributed by atoms with Crippen molar-refractivity contribution >= 4 is 51.6 Å². The zero-order valence-electron chi connectivity index (χ0n) is 19.3. The summed E-state index contributed by atoms with van der Waals surface area (Å²) in [5.41, 5.74) is 0.391. The number of aliphatic imine (C=N–C) groups is 1. The fourth-order valence-electron chi connectivity index (χ4n) is 7.54. The molecule has 0 aromatic carbocycles. The van der Waals surface area contributed by atoms with E-state index in [0.29, 0.717) is 16.2 Å². The Morgan fingerprint density at radius 3 is 2.50 bits per heavy atom. The topological polar surface area (TPSA) is 82.0 Å². The first-order chi connectivity index (χ1) is 16.5. The van der Waals surface area contributed by atoms with Crippen LogP contribution < -0.4 is 0 Å². The van der Waals surface area contributed by atoms with Crippen molar-refractivity contribution in [2.75, 3.05) is 0 Å². The van der Waals surface area contributed by atoms with Crippen LogP contribution in [0.3, 0.4) is 0 Å². The second-order valence-electron chi connectivity index (χ2n) is 11.2. The molecule has 6 nitrogen and oxygen atoms in total. The predicted octanol–water partition coefficient (Wildman–Crippen LogP) is 6.54. The zero-order valence-corrected chi connectivity index (χ0v) is 20.9. The van der Waals surface area contributed by atoms with Gasteiger partial charge in [0.05, 0.1) is 5.57 Å². The number of nitrogens with zero attached hydrogens (tertiary/aromatic N) is 3. The lowest BCUT2D eigenvalue weighted by Crippen LogP contribution is -2.49. The molecular weight excluding hydrogens is 464 g/mol. The molecule has 7 aliphatic rings. The Morgan fingerprint density at radius 2 is 1.79 bits per heavy atom. The third-order valence-electron chi connectivity index (χ3n) is 8.67. The minimum absolute atomic E-state index is 0.111. The van der Waals surface area contributed by atoms with Crippen molar-refractivity contribution in [3.8, 4) is 0 Å². The number of thioether (sulfide) groups is 2. The molecule has 8 heteroatoms. The van der Waals surface area contributed by atoms with Gasteiger partial charge in [-0.2, -0.15) is 15.1 Å². The van der Waals surface area contributed by atoms with E-state index in [4.69, 9.17) is 14.9 Å². The van der Waals surface area contributed by atoms with Crippen LogP contribution in [0.1, 0.15) is 76.4 Å². The summed E-state index contributed by atoms with van der Waals surface area (Å²) >= 11 is 3.33. The highest BCUT2D eigenvalue weighted by molar-refractivity contribution is 8.27. The Labute approximate surface area is 208 Å². The Balaban J connectivity index is 1.12. The minimum Gasteiger partial charge on any atom is -0.450 e. The number of hydrogen-bond donors (Lipinski definition) is 1. The number of amides is 1. The molecule has 1 amide bonds. The summed E-state index contributed by atoms with van der Waals surface area (Å²) < 4.78 is 6.01. The molecule has 0 spiro atoms. The number of carbonyl (C=O) groups is 1. The minimum atomic E-state index is -0.372. The Kier molecular flexibility index (Phi) is 5.13. The van der Waals surface area contributed by atoms with Crippen LogP contribution >= 0.6 is 23.5 Å². The fourth-order valence-corrected chi connectivity index (χ4v) is 9.84. The van der Waals surface area contributed by atoms with Crippen LogP contribution in [0.15, 0.2) is 37.3 Å². The van der Waals surface area contributed by atoms with Crippen LogP contribution in [-0.2, 0) is 4.79 Å². The molecule has 5 saturated carbocycles. The summed E-state index contributed by atoms with van der Waals surface area (Å²) in [5, 5.41) is 18.4. The van der Waals surface area contributed by atoms with Crippen molar-refractivity contribution < 1.29 is 9.21 Å². The Bertz CT molecular complexity index is 1110. The molecule has 5 fully saturated rings. The molecule has 0 atom stereocenters. The van der Waals surface area contributed by atoms with Crippen LogP contribution in [0.4, 0.5) is 0 Å². The SMILES string of the molecule is N=C1/C(=C\c2ccc(SC3CCCCC3)o2)C(=O)N=C2SC(C34CC5CC(CC(C5)C3)C4)=NN12. The number of hydrazone groups is 1. The van der Waals surface area contributed by atoms with Gasteiger partial charge in [0.1, 0.15) is 10.8 Å². The van der Waals surface area contributed by atoms with Gasteiger partial charge in [-0.3, -0.25) is 10.2 Å². The first-order valence-corrected chi connectivity index (χ1v) is 14.5. The second-order valence-corrected chi connectivity index (χ2v) is 13.4. The number of hydrogen-bond acceptors (Lipinski definition) is 6. The van der Waals surface area contributed by atoms with E-state index in [2.05, 4.69) is 4.99 Å². The Hall–Kier alpha value is -1.80. The molecule has 2 aliphatic heterocycles. The first kappa shape index (κ1) is 21.5. The Morgan fingerprint density at radius 1 is 1.09 bits per heavy atom. The molecular formula is C26H30N4O2S2. The maximum absolute atomic E-state index is 12.9. The largest absolute Gasteiger partial charge is 0.450 e. The van der Waals surface area contributed by atoms with Gasteiger partial charge >= 0.3 is 0 Å². The highest BCUT2D eigenvalue weighted by atomic mass is 32.2. The van der Waals surface area contributed by atoms with Crippen LogP contribution in [0, 0.1) is 28.6 Å². The lowest BCUT2D eigenvalue weighted by Gasteiger charge is -2.56. The number of amidine groups is 2. The molecule has 0 radical (unpaired) electrons. The zero-order chi connectivity index (χ0) is 22.9. The van der Waals surface area contributed by atoms with Gasteiger partial charge in [0.2, 0.25) is 5.17 Å². The molecule has 0 saturated heterocycles. The fraction of sp³-hybridized carbons (Fsp3) is 0.615. The standard InChI is InChI=1S/C26H30N4O2S2/c27-22-20(11-18-6-7-21(32-18)33-19-4-2-1-3-5-19)23(31)28-25-30(22)29-24(34-25)26-12-15-8-16(13-26)10-17(9-15)14-26/h6-7,11,15-17,19,27H,1-5,8-10,12-14H2/b20-11+,27-22?. The van der Waals surface area contributed by atoms with Crippen molar-refractivity contribution in [3.63, 3.8) is 0 Å². The molecule has 34 heavy (non-hydrogen) atoms. The van der Waals surface area contributed by atoms with Gasteiger partial charge in [-0.25, -0.2) is 0 Å². The average molecular weight is 495 g/mol. The van der Waals surface area contributed by atoms with E-state index >= 15 is 0 Å². The van der Waals surface area contributed by atoms with Crippen molar-refractivity contribution in [2.45, 2.75) is 81.0 Å². The number of carbonyl (C=O) groups excluding carboxylic acids is 1. The van der Waals surface area contributed by atoms with Gasteiger partial charge in [-0.05, 0) is 99.1 Å². The first-order valence-electron chi connectivity index (χ1n) is 12.8. The van der Waals surface area contributed by atoms with Crippen LogP contribution in [0.2, 0.25) is 0 Å². The molecule has 178 valence electrons. The lowest BCUT2D eigenvalue weighted by molar-refractivity contribution is -0.114. The monoisotopic (exact) mass is 494 g/mol. The van der Waals surface area contributed by atoms with Gasteiger partial charge < -0.3 is 4.42 Å². The molecule has 1 aromatic rings. The molecule has 0 unspecified atom stereocenters. The predicted molar refractivity (Wildman–Crippen MR) is 137 cm³/mol. The van der Waals surface area contributed by atoms with Crippen LogP contribution in [-0.4, -0.2) is 32.2 Å². The molecule has 3 heterocycles. The van der Waals surface area contributed by atoms with E-state index in [1.54, 1.807) is 22.8 Å². The van der Waals surface area contributed by atoms with E-state index in [1.165, 1.54) is 82.4 Å². The summed E-state index contributed by atoms with van der Waals surface area (Å²) in [7, 11) is 0. The van der Waals surface area contributed by atoms with Crippen molar-refractivity contribution in [2.24, 2.45) is 33.3 Å². The summed E-state index contributed by atoms with van der Waals surface area (Å²) in [6.45, 7) is 0. The number of fused-ring (bicyclic) bond motifs is 1. The van der Waals surface area contributed by atoms with Gasteiger partial charge in [0.25, 0.3) is 5.91 Å². The van der Waals surface area contributed by atoms with Gasteiger partial charge in [-0.1, -0.05) is 31.0 Å². The number of nitrogens with one attached hydrogen (secondary N) is 1. The summed E-state index contributed by atoms with van der Waals surface area (Å²) in [5.74, 6) is 2.81. The molecule has 1 N–H and O–H groups in total. The van der Waals surface area contributed by atoms with Gasteiger partial charge in [0, 0.05) is 10.7 Å². The molecule has 4 bridgehead atoms. The summed E-state index contributed by atoms with van der Waals surface area (Å²) in [6.07, 6.45) is 15.8. The average Bonchev–Trinajstić information content (AvgIpc) is 3.44. The normalized spacial score (nSPS) is 36.3. The van der Waals surface area contributed by atoms with Gasteiger partial charge in [-0.15, -0.1) is 0 Å². The van der Waals surface area contributed by atoms with Crippen LogP contribution in [0.5, 0.6) is 0 Å². The van der Waals surface area contributed by atoms with E-state index in [-0.39, 0.29) is 22.7 Å². The lowest BCUT2D eigenvalue weighted by atomic mass is 9.50. The number of furan rings is 1. The van der Waals surface area contributed by atoms with Crippen LogP contribution in [0.25, 0.3) is 6.08 Å². The highest BCUT2D eigenvalue weighted by Gasteiger charge is 2.55. The van der Waals surface area contributed by atoms with Crippen molar-refractivity contribution in [3.05, 3.63) is 23.5 Å².